The van der Waals surface area contributed by atoms with Crippen LogP contribution in [0.4, 0.5) is 5.82 Å². The smallest absolute Gasteiger partial charge is 0.254 e. The Morgan fingerprint density at radius 3 is 2.45 bits per heavy atom. The van der Waals surface area contributed by atoms with Crippen molar-refractivity contribution in [2.45, 2.75) is 19.9 Å². The zero-order chi connectivity index (χ0) is 26.6. The minimum Gasteiger partial charge on any atom is -0.497 e. The van der Waals surface area contributed by atoms with Crippen LogP contribution in [0.2, 0.25) is 0 Å². The number of amides is 2. The summed E-state index contributed by atoms with van der Waals surface area (Å²) in [6.07, 6.45) is 0. The van der Waals surface area contributed by atoms with E-state index in [9.17, 15) is 9.59 Å². The van der Waals surface area contributed by atoms with Gasteiger partial charge >= 0.3 is 0 Å². The number of fused-ring (bicyclic) bond motifs is 1. The first-order valence-corrected chi connectivity index (χ1v) is 12.2. The van der Waals surface area contributed by atoms with Gasteiger partial charge in [0, 0.05) is 23.2 Å². The molecule has 1 aliphatic rings. The summed E-state index contributed by atoms with van der Waals surface area (Å²) in [5, 5.41) is 7.70. The number of hydrogen-bond acceptors (Lipinski definition) is 6. The van der Waals surface area contributed by atoms with Gasteiger partial charge in [-0.1, -0.05) is 30.3 Å². The van der Waals surface area contributed by atoms with Crippen LogP contribution in [0.15, 0.2) is 78.9 Å². The van der Waals surface area contributed by atoms with E-state index in [0.717, 1.165) is 11.3 Å². The Morgan fingerprint density at radius 2 is 1.74 bits per heavy atom. The van der Waals surface area contributed by atoms with Crippen molar-refractivity contribution in [1.82, 2.24) is 14.7 Å². The standard InChI is InChI=1S/C29H28N4O5/c1-19(2)32(29(35)21-9-14-25-26(15-21)38-18-37-25)17-28(34)30-27-16-24(20-7-5-4-6-8-20)31-33(27)22-10-12-23(36-3)13-11-22/h4-16,19H,17-18H2,1-3H3,(H,30,34). The van der Waals surface area contributed by atoms with Gasteiger partial charge in [-0.2, -0.15) is 5.10 Å². The maximum Gasteiger partial charge on any atom is 0.254 e. The van der Waals surface area contributed by atoms with Gasteiger partial charge in [0.05, 0.1) is 18.5 Å². The van der Waals surface area contributed by atoms with E-state index in [-0.39, 0.29) is 31.2 Å². The van der Waals surface area contributed by atoms with Crippen LogP contribution in [-0.4, -0.2) is 53.0 Å². The number of ether oxygens (including phenoxy) is 3. The summed E-state index contributed by atoms with van der Waals surface area (Å²) in [7, 11) is 1.60. The molecular formula is C29H28N4O5. The van der Waals surface area contributed by atoms with Crippen LogP contribution in [0.3, 0.4) is 0 Å². The summed E-state index contributed by atoms with van der Waals surface area (Å²) >= 11 is 0. The lowest BCUT2D eigenvalue weighted by molar-refractivity contribution is -0.117. The molecule has 2 heterocycles. The van der Waals surface area contributed by atoms with Gasteiger partial charge in [0.15, 0.2) is 11.5 Å². The van der Waals surface area contributed by atoms with E-state index in [1.807, 2.05) is 74.5 Å². The van der Waals surface area contributed by atoms with Crippen molar-refractivity contribution < 1.29 is 23.8 Å². The average molecular weight is 513 g/mol. The second-order valence-electron chi connectivity index (χ2n) is 9.03. The lowest BCUT2D eigenvalue weighted by Crippen LogP contribution is -2.42. The highest BCUT2D eigenvalue weighted by atomic mass is 16.7. The molecule has 0 atom stereocenters. The van der Waals surface area contributed by atoms with Gasteiger partial charge in [-0.3, -0.25) is 9.59 Å². The van der Waals surface area contributed by atoms with E-state index < -0.39 is 0 Å². The molecular weight excluding hydrogens is 484 g/mol. The van der Waals surface area contributed by atoms with Crippen molar-refractivity contribution >= 4 is 17.6 Å². The molecule has 194 valence electrons. The molecule has 3 aromatic carbocycles. The third kappa shape index (κ3) is 5.17. The minimum absolute atomic E-state index is 0.121. The number of nitrogens with zero attached hydrogens (tertiary/aromatic N) is 3. The Balaban J connectivity index is 1.40. The summed E-state index contributed by atoms with van der Waals surface area (Å²) in [5.41, 5.74) is 2.79. The first kappa shape index (κ1) is 24.9. The van der Waals surface area contributed by atoms with E-state index in [1.54, 1.807) is 30.0 Å². The number of hydrogen-bond donors (Lipinski definition) is 1. The molecule has 0 radical (unpaired) electrons. The second kappa shape index (κ2) is 10.7. The molecule has 1 N–H and O–H groups in total. The number of benzene rings is 3. The van der Waals surface area contributed by atoms with E-state index >= 15 is 0 Å². The van der Waals surface area contributed by atoms with Crippen LogP contribution in [0.25, 0.3) is 16.9 Å². The van der Waals surface area contributed by atoms with Gasteiger partial charge in [-0.05, 0) is 56.3 Å². The van der Waals surface area contributed by atoms with Crippen molar-refractivity contribution in [3.05, 3.63) is 84.4 Å². The SMILES string of the molecule is COc1ccc(-n2nc(-c3ccccc3)cc2NC(=O)CN(C(=O)c2ccc3c(c2)OCO3)C(C)C)cc1. The van der Waals surface area contributed by atoms with Crippen molar-refractivity contribution in [2.75, 3.05) is 25.8 Å². The van der Waals surface area contributed by atoms with Crippen LogP contribution in [0.5, 0.6) is 17.2 Å². The predicted octanol–water partition coefficient (Wildman–Crippen LogP) is 4.77. The Labute approximate surface area is 220 Å². The van der Waals surface area contributed by atoms with Gasteiger partial charge in [0.25, 0.3) is 5.91 Å². The van der Waals surface area contributed by atoms with Crippen molar-refractivity contribution in [2.24, 2.45) is 0 Å². The summed E-state index contributed by atoms with van der Waals surface area (Å²) < 4.78 is 17.7. The van der Waals surface area contributed by atoms with Gasteiger partial charge in [0.2, 0.25) is 12.7 Å². The number of nitrogens with one attached hydrogen (secondary N) is 1. The number of methoxy groups -OCH3 is 1. The molecule has 5 rings (SSSR count). The molecule has 0 saturated carbocycles. The largest absolute Gasteiger partial charge is 0.497 e. The lowest BCUT2D eigenvalue weighted by Gasteiger charge is -2.26. The molecule has 38 heavy (non-hydrogen) atoms. The van der Waals surface area contributed by atoms with Gasteiger partial charge in [0.1, 0.15) is 18.1 Å². The molecule has 0 spiro atoms. The highest BCUT2D eigenvalue weighted by molar-refractivity contribution is 6.00. The molecule has 0 bridgehead atoms. The normalized spacial score (nSPS) is 11.9. The fourth-order valence-corrected chi connectivity index (χ4v) is 4.16. The summed E-state index contributed by atoms with van der Waals surface area (Å²) in [6, 6.07) is 23.7. The molecule has 9 nitrogen and oxygen atoms in total. The quantitative estimate of drug-likeness (QED) is 0.366. The Bertz CT molecular complexity index is 1450. The van der Waals surface area contributed by atoms with E-state index in [0.29, 0.717) is 34.3 Å². The molecule has 4 aromatic rings. The topological polar surface area (TPSA) is 94.9 Å². The molecule has 1 aliphatic heterocycles. The maximum absolute atomic E-state index is 13.3. The summed E-state index contributed by atoms with van der Waals surface area (Å²) in [6.45, 7) is 3.72. The second-order valence-corrected chi connectivity index (χ2v) is 9.03. The van der Waals surface area contributed by atoms with Crippen LogP contribution in [0, 0.1) is 0 Å². The predicted molar refractivity (Wildman–Crippen MR) is 143 cm³/mol. The molecule has 0 fully saturated rings. The summed E-state index contributed by atoms with van der Waals surface area (Å²) in [4.78, 5) is 28.1. The highest BCUT2D eigenvalue weighted by Crippen LogP contribution is 2.33. The Hall–Kier alpha value is -4.79. The molecule has 1 aromatic heterocycles. The van der Waals surface area contributed by atoms with Crippen molar-refractivity contribution in [3.8, 4) is 34.2 Å². The Morgan fingerprint density at radius 1 is 1.00 bits per heavy atom. The van der Waals surface area contributed by atoms with Gasteiger partial charge in [-0.15, -0.1) is 0 Å². The Kier molecular flexibility index (Phi) is 6.99. The van der Waals surface area contributed by atoms with E-state index in [2.05, 4.69) is 5.32 Å². The van der Waals surface area contributed by atoms with Crippen molar-refractivity contribution in [3.63, 3.8) is 0 Å². The van der Waals surface area contributed by atoms with Crippen LogP contribution >= 0.6 is 0 Å². The molecule has 2 amide bonds. The van der Waals surface area contributed by atoms with Crippen LogP contribution in [-0.2, 0) is 4.79 Å². The molecule has 9 heteroatoms. The monoisotopic (exact) mass is 512 g/mol. The molecule has 0 unspecified atom stereocenters. The minimum atomic E-state index is -0.345. The fraction of sp³-hybridized carbons (Fsp3) is 0.207. The van der Waals surface area contributed by atoms with E-state index in [4.69, 9.17) is 19.3 Å². The number of carbonyl (C=O) groups excluding carboxylic acids is 2. The average Bonchev–Trinajstić information content (AvgIpc) is 3.58. The first-order chi connectivity index (χ1) is 18.4. The summed E-state index contributed by atoms with van der Waals surface area (Å²) in [5.74, 6) is 1.68. The molecule has 0 saturated heterocycles. The zero-order valence-corrected chi connectivity index (χ0v) is 21.4. The van der Waals surface area contributed by atoms with E-state index in [1.165, 1.54) is 4.90 Å². The molecule has 0 aliphatic carbocycles. The number of anilines is 1. The third-order valence-electron chi connectivity index (χ3n) is 6.18. The van der Waals surface area contributed by atoms with Gasteiger partial charge in [-0.25, -0.2) is 4.68 Å². The highest BCUT2D eigenvalue weighted by Gasteiger charge is 2.25. The zero-order valence-electron chi connectivity index (χ0n) is 21.4. The van der Waals surface area contributed by atoms with Gasteiger partial charge < -0.3 is 24.4 Å². The first-order valence-electron chi connectivity index (χ1n) is 12.2. The number of rotatable bonds is 8. The number of carbonyl (C=O) groups is 2. The van der Waals surface area contributed by atoms with Crippen molar-refractivity contribution in [1.29, 1.82) is 0 Å². The lowest BCUT2D eigenvalue weighted by atomic mass is 10.1. The van der Waals surface area contributed by atoms with Crippen LogP contribution in [0.1, 0.15) is 24.2 Å². The van der Waals surface area contributed by atoms with Crippen LogP contribution < -0.4 is 19.5 Å². The third-order valence-corrected chi connectivity index (χ3v) is 6.18. The fourth-order valence-electron chi connectivity index (χ4n) is 4.16. The number of aromatic nitrogens is 2. The maximum atomic E-state index is 13.3.